The number of hydrogen-bond donors (Lipinski definition) is 2. The molecular formula is C22H27NO3. The second kappa shape index (κ2) is 7.60. The summed E-state index contributed by atoms with van der Waals surface area (Å²) in [5, 5.41) is 19.0. The van der Waals surface area contributed by atoms with Crippen molar-refractivity contribution in [3.05, 3.63) is 70.3 Å². The number of aryl methyl sites for hydroxylation is 1. The lowest BCUT2D eigenvalue weighted by Crippen LogP contribution is -2.30. The third-order valence-electron chi connectivity index (χ3n) is 4.97. The molecule has 0 bridgehead atoms. The summed E-state index contributed by atoms with van der Waals surface area (Å²) in [6, 6.07) is 13.8. The van der Waals surface area contributed by atoms with Gasteiger partial charge in [0, 0.05) is 19.6 Å². The Morgan fingerprint density at radius 2 is 1.92 bits per heavy atom. The van der Waals surface area contributed by atoms with Crippen molar-refractivity contribution in [1.82, 2.24) is 4.90 Å². The fraction of sp³-hybridized carbons (Fsp3) is 0.409. The second-order valence-corrected chi connectivity index (χ2v) is 7.88. The number of carboxylic acid groups (broad SMARTS) is 1. The van der Waals surface area contributed by atoms with Crippen molar-refractivity contribution in [2.24, 2.45) is 0 Å². The molecule has 4 nitrogen and oxygen atoms in total. The van der Waals surface area contributed by atoms with Crippen LogP contribution >= 0.6 is 0 Å². The van der Waals surface area contributed by atoms with Gasteiger partial charge in [-0.2, -0.15) is 0 Å². The van der Waals surface area contributed by atoms with Gasteiger partial charge in [0.2, 0.25) is 0 Å². The van der Waals surface area contributed by atoms with Gasteiger partial charge in [-0.25, -0.2) is 4.79 Å². The summed E-state index contributed by atoms with van der Waals surface area (Å²) in [6.07, 6.45) is 2.66. The molecule has 4 heteroatoms. The molecule has 0 aliphatic carbocycles. The minimum absolute atomic E-state index is 0.344. The van der Waals surface area contributed by atoms with Gasteiger partial charge in [-0.15, -0.1) is 0 Å². The van der Waals surface area contributed by atoms with Gasteiger partial charge < -0.3 is 10.2 Å². The Labute approximate surface area is 155 Å². The molecule has 0 saturated heterocycles. The van der Waals surface area contributed by atoms with Gasteiger partial charge in [0.15, 0.2) is 0 Å². The first-order valence-corrected chi connectivity index (χ1v) is 9.18. The number of benzene rings is 2. The topological polar surface area (TPSA) is 60.8 Å². The summed E-state index contributed by atoms with van der Waals surface area (Å²) in [6.45, 7) is 6.32. The summed E-state index contributed by atoms with van der Waals surface area (Å²) in [4.78, 5) is 13.5. The van der Waals surface area contributed by atoms with Crippen LogP contribution in [0.4, 0.5) is 0 Å². The Hall–Kier alpha value is -2.17. The highest BCUT2D eigenvalue weighted by Crippen LogP contribution is 2.23. The predicted molar refractivity (Wildman–Crippen MR) is 102 cm³/mol. The smallest absolute Gasteiger partial charge is 0.335 e. The van der Waals surface area contributed by atoms with E-state index >= 15 is 0 Å². The van der Waals surface area contributed by atoms with Crippen LogP contribution in [0.25, 0.3) is 0 Å². The molecular weight excluding hydrogens is 326 g/mol. The lowest BCUT2D eigenvalue weighted by Gasteiger charge is -2.29. The molecule has 0 spiro atoms. The summed E-state index contributed by atoms with van der Waals surface area (Å²) >= 11 is 0. The van der Waals surface area contributed by atoms with E-state index in [1.54, 1.807) is 12.1 Å². The normalized spacial score (nSPS) is 14.9. The third-order valence-corrected chi connectivity index (χ3v) is 4.97. The van der Waals surface area contributed by atoms with Gasteiger partial charge in [-0.3, -0.25) is 4.90 Å². The Balaban J connectivity index is 1.64. The molecule has 2 aromatic rings. The van der Waals surface area contributed by atoms with Crippen LogP contribution in [0.2, 0.25) is 0 Å². The molecule has 0 amide bonds. The maximum absolute atomic E-state index is 11.1. The van der Waals surface area contributed by atoms with Crippen molar-refractivity contribution < 1.29 is 15.0 Å². The van der Waals surface area contributed by atoms with Crippen LogP contribution in [0.15, 0.2) is 42.5 Å². The van der Waals surface area contributed by atoms with Crippen molar-refractivity contribution in [2.45, 2.75) is 51.8 Å². The number of carboxylic acids is 1. The minimum atomic E-state index is -0.880. The largest absolute Gasteiger partial charge is 0.478 e. The van der Waals surface area contributed by atoms with E-state index in [2.05, 4.69) is 23.1 Å². The number of fused-ring (bicyclic) bond motifs is 1. The molecule has 0 fully saturated rings. The molecule has 1 heterocycles. The number of nitrogens with zero attached hydrogens (tertiary/aromatic N) is 1. The first-order chi connectivity index (χ1) is 12.3. The lowest BCUT2D eigenvalue weighted by molar-refractivity contribution is 0.0693. The van der Waals surface area contributed by atoms with Gasteiger partial charge in [-0.1, -0.05) is 30.3 Å². The van der Waals surface area contributed by atoms with Gasteiger partial charge >= 0.3 is 5.97 Å². The van der Waals surface area contributed by atoms with Crippen LogP contribution in [0.5, 0.6) is 0 Å². The highest BCUT2D eigenvalue weighted by Gasteiger charge is 2.18. The number of hydrogen-bond acceptors (Lipinski definition) is 3. The molecule has 3 rings (SSSR count). The Morgan fingerprint density at radius 3 is 2.65 bits per heavy atom. The molecule has 2 N–H and O–H groups in total. The van der Waals surface area contributed by atoms with E-state index < -0.39 is 11.6 Å². The third kappa shape index (κ3) is 4.93. The second-order valence-electron chi connectivity index (χ2n) is 7.88. The van der Waals surface area contributed by atoms with Crippen LogP contribution < -0.4 is 0 Å². The fourth-order valence-electron chi connectivity index (χ4n) is 3.47. The average molecular weight is 353 g/mol. The SMILES string of the molecule is CC(C)(O)CCc1ccc2c(c1)CCN(Cc1cccc(C(=O)O)c1)C2. The summed E-state index contributed by atoms with van der Waals surface area (Å²) < 4.78 is 0. The zero-order valence-electron chi connectivity index (χ0n) is 15.5. The number of aliphatic hydroxyl groups is 1. The van der Waals surface area contributed by atoms with Crippen LogP contribution in [0.3, 0.4) is 0 Å². The van der Waals surface area contributed by atoms with Gasteiger partial charge in [0.25, 0.3) is 0 Å². The predicted octanol–water partition coefficient (Wildman–Crippen LogP) is 3.65. The van der Waals surface area contributed by atoms with E-state index in [1.807, 2.05) is 26.0 Å². The van der Waals surface area contributed by atoms with E-state index in [9.17, 15) is 9.90 Å². The molecule has 0 aromatic heterocycles. The summed E-state index contributed by atoms with van der Waals surface area (Å²) in [5.74, 6) is -0.880. The van der Waals surface area contributed by atoms with Crippen molar-refractivity contribution >= 4 is 5.97 Å². The molecule has 2 aromatic carbocycles. The summed E-state index contributed by atoms with van der Waals surface area (Å²) in [7, 11) is 0. The zero-order chi connectivity index (χ0) is 18.7. The van der Waals surface area contributed by atoms with E-state index in [0.29, 0.717) is 5.56 Å². The van der Waals surface area contributed by atoms with E-state index in [1.165, 1.54) is 16.7 Å². The van der Waals surface area contributed by atoms with E-state index in [0.717, 1.165) is 44.5 Å². The Kier molecular flexibility index (Phi) is 5.44. The van der Waals surface area contributed by atoms with Crippen LogP contribution in [0.1, 0.15) is 52.9 Å². The lowest BCUT2D eigenvalue weighted by atomic mass is 9.93. The number of rotatable bonds is 6. The molecule has 1 aliphatic rings. The van der Waals surface area contributed by atoms with E-state index in [-0.39, 0.29) is 0 Å². The maximum atomic E-state index is 11.1. The molecule has 0 unspecified atom stereocenters. The zero-order valence-corrected chi connectivity index (χ0v) is 15.5. The first-order valence-electron chi connectivity index (χ1n) is 9.18. The van der Waals surface area contributed by atoms with Crippen LogP contribution in [-0.4, -0.2) is 33.2 Å². The average Bonchev–Trinajstić information content (AvgIpc) is 2.59. The van der Waals surface area contributed by atoms with Crippen molar-refractivity contribution in [3.63, 3.8) is 0 Å². The fourth-order valence-corrected chi connectivity index (χ4v) is 3.47. The molecule has 0 atom stereocenters. The van der Waals surface area contributed by atoms with Gasteiger partial charge in [0.05, 0.1) is 11.2 Å². The monoisotopic (exact) mass is 353 g/mol. The number of carbonyl (C=O) groups is 1. The highest BCUT2D eigenvalue weighted by atomic mass is 16.4. The quantitative estimate of drug-likeness (QED) is 0.832. The molecule has 26 heavy (non-hydrogen) atoms. The Morgan fingerprint density at radius 1 is 1.12 bits per heavy atom. The van der Waals surface area contributed by atoms with Gasteiger partial charge in [0.1, 0.15) is 0 Å². The van der Waals surface area contributed by atoms with Crippen LogP contribution in [-0.2, 0) is 25.9 Å². The van der Waals surface area contributed by atoms with E-state index in [4.69, 9.17) is 5.11 Å². The van der Waals surface area contributed by atoms with Crippen molar-refractivity contribution in [3.8, 4) is 0 Å². The minimum Gasteiger partial charge on any atom is -0.478 e. The molecule has 138 valence electrons. The molecule has 0 saturated carbocycles. The van der Waals surface area contributed by atoms with Crippen LogP contribution in [0, 0.1) is 0 Å². The van der Waals surface area contributed by atoms with Crippen molar-refractivity contribution in [2.75, 3.05) is 6.54 Å². The van der Waals surface area contributed by atoms with Crippen molar-refractivity contribution in [1.29, 1.82) is 0 Å². The summed E-state index contributed by atoms with van der Waals surface area (Å²) in [5.41, 5.74) is 4.78. The highest BCUT2D eigenvalue weighted by molar-refractivity contribution is 5.87. The standard InChI is InChI=1S/C22H27NO3/c1-22(2,26)10-8-16-6-7-20-15-23(11-9-18(20)12-16)14-17-4-3-5-19(13-17)21(24)25/h3-7,12-13,26H,8-11,14-15H2,1-2H3,(H,24,25). The number of aromatic carboxylic acids is 1. The Bertz CT molecular complexity index is 792. The van der Waals surface area contributed by atoms with Gasteiger partial charge in [-0.05, 0) is 67.5 Å². The first kappa shape index (κ1) is 18.6. The maximum Gasteiger partial charge on any atom is 0.335 e. The molecule has 1 aliphatic heterocycles. The molecule has 0 radical (unpaired) electrons.